The third-order valence-electron chi connectivity index (χ3n) is 3.80. The molecule has 0 bridgehead atoms. The number of anilines is 1. The zero-order valence-electron chi connectivity index (χ0n) is 11.5. The third kappa shape index (κ3) is 2.94. The van der Waals surface area contributed by atoms with Crippen molar-refractivity contribution >= 4 is 17.4 Å². The van der Waals surface area contributed by atoms with Crippen molar-refractivity contribution in [2.45, 2.75) is 12.6 Å². The molecule has 1 aliphatic rings. The van der Waals surface area contributed by atoms with Crippen molar-refractivity contribution in [3.63, 3.8) is 0 Å². The van der Waals surface area contributed by atoms with Crippen LogP contribution in [0.5, 0.6) is 0 Å². The average molecular weight is 288 g/mol. The zero-order valence-corrected chi connectivity index (χ0v) is 12.3. The van der Waals surface area contributed by atoms with E-state index in [-0.39, 0.29) is 0 Å². The van der Waals surface area contributed by atoms with Crippen LogP contribution in [0.1, 0.15) is 5.56 Å². The van der Waals surface area contributed by atoms with Crippen LogP contribution in [0.3, 0.4) is 0 Å². The fourth-order valence-electron chi connectivity index (χ4n) is 2.47. The highest BCUT2D eigenvalue weighted by Crippen LogP contribution is 2.22. The summed E-state index contributed by atoms with van der Waals surface area (Å²) in [6, 6.07) is 14.7. The van der Waals surface area contributed by atoms with Crippen LogP contribution in [0, 0.1) is 0 Å². The molecule has 20 heavy (non-hydrogen) atoms. The van der Waals surface area contributed by atoms with Crippen molar-refractivity contribution in [2.24, 2.45) is 0 Å². The average Bonchev–Trinajstić information content (AvgIpc) is 2.41. The van der Waals surface area contributed by atoms with Gasteiger partial charge in [0.25, 0.3) is 0 Å². The number of aromatic nitrogens is 1. The van der Waals surface area contributed by atoms with Crippen LogP contribution in [0.4, 0.5) is 5.82 Å². The van der Waals surface area contributed by atoms with Gasteiger partial charge in [0, 0.05) is 36.9 Å². The summed E-state index contributed by atoms with van der Waals surface area (Å²) in [7, 11) is 2.18. The monoisotopic (exact) mass is 287 g/mol. The van der Waals surface area contributed by atoms with E-state index >= 15 is 0 Å². The lowest BCUT2D eigenvalue weighted by atomic mass is 10.1. The molecular formula is C16H18ClN3. The lowest BCUT2D eigenvalue weighted by Crippen LogP contribution is -2.58. The van der Waals surface area contributed by atoms with Gasteiger partial charge in [-0.05, 0) is 36.9 Å². The minimum atomic E-state index is 0.590. The Hall–Kier alpha value is -1.58. The molecule has 0 radical (unpaired) electrons. The van der Waals surface area contributed by atoms with Gasteiger partial charge in [-0.3, -0.25) is 4.90 Å². The molecule has 2 heterocycles. The van der Waals surface area contributed by atoms with Gasteiger partial charge in [0.2, 0.25) is 0 Å². The predicted octanol–water partition coefficient (Wildman–Crippen LogP) is 3.06. The second kappa shape index (κ2) is 5.81. The largest absolute Gasteiger partial charge is 0.353 e. The van der Waals surface area contributed by atoms with Crippen LogP contribution in [-0.2, 0) is 6.54 Å². The van der Waals surface area contributed by atoms with E-state index < -0.39 is 0 Å². The Morgan fingerprint density at radius 3 is 2.60 bits per heavy atom. The normalized spacial score (nSPS) is 15.4. The number of hydrogen-bond acceptors (Lipinski definition) is 3. The number of benzene rings is 1. The maximum atomic E-state index is 5.91. The van der Waals surface area contributed by atoms with E-state index in [2.05, 4.69) is 40.0 Å². The zero-order chi connectivity index (χ0) is 13.9. The molecule has 0 aliphatic carbocycles. The van der Waals surface area contributed by atoms with E-state index in [4.69, 9.17) is 11.6 Å². The Kier molecular flexibility index (Phi) is 3.90. The first-order valence-electron chi connectivity index (χ1n) is 6.83. The highest BCUT2D eigenvalue weighted by atomic mass is 35.5. The van der Waals surface area contributed by atoms with Crippen molar-refractivity contribution in [2.75, 3.05) is 25.0 Å². The topological polar surface area (TPSA) is 19.4 Å². The van der Waals surface area contributed by atoms with E-state index in [9.17, 15) is 0 Å². The molecular weight excluding hydrogens is 270 g/mol. The summed E-state index contributed by atoms with van der Waals surface area (Å²) < 4.78 is 0. The van der Waals surface area contributed by atoms with Gasteiger partial charge < -0.3 is 4.90 Å². The van der Waals surface area contributed by atoms with Crippen LogP contribution in [-0.4, -0.2) is 36.1 Å². The summed E-state index contributed by atoms with van der Waals surface area (Å²) >= 11 is 5.91. The summed E-state index contributed by atoms with van der Waals surface area (Å²) in [5.41, 5.74) is 1.30. The van der Waals surface area contributed by atoms with E-state index in [0.717, 1.165) is 30.5 Å². The number of hydrogen-bond donors (Lipinski definition) is 0. The minimum absolute atomic E-state index is 0.590. The first kappa shape index (κ1) is 13.4. The molecule has 4 heteroatoms. The maximum Gasteiger partial charge on any atom is 0.128 e. The van der Waals surface area contributed by atoms with Gasteiger partial charge in [-0.1, -0.05) is 29.8 Å². The predicted molar refractivity (Wildman–Crippen MR) is 83.2 cm³/mol. The van der Waals surface area contributed by atoms with Gasteiger partial charge in [0.15, 0.2) is 0 Å². The molecule has 1 aliphatic heterocycles. The first-order chi connectivity index (χ1) is 9.72. The third-order valence-corrected chi connectivity index (χ3v) is 4.06. The fraction of sp³-hybridized carbons (Fsp3) is 0.312. The Morgan fingerprint density at radius 2 is 1.95 bits per heavy atom. The highest BCUT2D eigenvalue weighted by Gasteiger charge is 2.30. The number of halogens is 1. The first-order valence-corrected chi connectivity index (χ1v) is 7.21. The van der Waals surface area contributed by atoms with Gasteiger partial charge in [0.05, 0.1) is 0 Å². The summed E-state index contributed by atoms with van der Waals surface area (Å²) in [4.78, 5) is 9.08. The molecule has 0 atom stereocenters. The second-order valence-corrected chi connectivity index (χ2v) is 5.72. The van der Waals surface area contributed by atoms with Gasteiger partial charge in [-0.2, -0.15) is 0 Å². The number of rotatable bonds is 4. The van der Waals surface area contributed by atoms with Crippen LogP contribution >= 0.6 is 11.6 Å². The quantitative estimate of drug-likeness (QED) is 0.862. The number of likely N-dealkylation sites (N-methyl/N-ethyl adjacent to an activating group) is 1. The van der Waals surface area contributed by atoms with Crippen molar-refractivity contribution in [1.29, 1.82) is 0 Å². The molecule has 0 unspecified atom stereocenters. The van der Waals surface area contributed by atoms with Crippen LogP contribution in [0.15, 0.2) is 48.7 Å². The summed E-state index contributed by atoms with van der Waals surface area (Å²) in [6.45, 7) is 3.04. The van der Waals surface area contributed by atoms with E-state index in [1.54, 1.807) is 0 Å². The molecule has 1 saturated heterocycles. The maximum absolute atomic E-state index is 5.91. The fourth-order valence-corrected chi connectivity index (χ4v) is 2.59. The van der Waals surface area contributed by atoms with Crippen molar-refractivity contribution < 1.29 is 0 Å². The molecule has 2 aromatic rings. The lowest BCUT2D eigenvalue weighted by Gasteiger charge is -2.44. The van der Waals surface area contributed by atoms with Crippen LogP contribution in [0.2, 0.25) is 5.02 Å². The van der Waals surface area contributed by atoms with Crippen LogP contribution in [0.25, 0.3) is 0 Å². The number of nitrogens with zero attached hydrogens (tertiary/aromatic N) is 3. The number of pyridine rings is 1. The summed E-state index contributed by atoms with van der Waals surface area (Å²) in [5.74, 6) is 1.07. The minimum Gasteiger partial charge on any atom is -0.353 e. The molecule has 0 N–H and O–H groups in total. The van der Waals surface area contributed by atoms with Gasteiger partial charge in [0.1, 0.15) is 5.82 Å². The molecule has 1 aromatic carbocycles. The summed E-state index contributed by atoms with van der Waals surface area (Å²) in [6.07, 6.45) is 1.85. The molecule has 1 fully saturated rings. The van der Waals surface area contributed by atoms with Gasteiger partial charge in [-0.25, -0.2) is 4.98 Å². The Morgan fingerprint density at radius 1 is 1.20 bits per heavy atom. The molecule has 104 valence electrons. The summed E-state index contributed by atoms with van der Waals surface area (Å²) in [5, 5.41) is 0.793. The van der Waals surface area contributed by atoms with E-state index in [1.807, 2.05) is 30.5 Å². The molecule has 0 saturated carbocycles. The van der Waals surface area contributed by atoms with Crippen molar-refractivity contribution in [3.8, 4) is 0 Å². The second-order valence-electron chi connectivity index (χ2n) is 5.29. The molecule has 3 nitrogen and oxygen atoms in total. The Balaban J connectivity index is 1.53. The highest BCUT2D eigenvalue weighted by molar-refractivity contribution is 6.30. The van der Waals surface area contributed by atoms with E-state index in [1.165, 1.54) is 5.56 Å². The Labute approximate surface area is 124 Å². The van der Waals surface area contributed by atoms with Gasteiger partial charge >= 0.3 is 0 Å². The smallest absolute Gasteiger partial charge is 0.128 e. The van der Waals surface area contributed by atoms with Crippen molar-refractivity contribution in [1.82, 2.24) is 9.88 Å². The molecule has 3 rings (SSSR count). The molecule has 1 aromatic heterocycles. The van der Waals surface area contributed by atoms with Crippen LogP contribution < -0.4 is 4.90 Å². The Bertz CT molecular complexity index is 550. The molecule has 0 amide bonds. The standard InChI is InChI=1S/C16H18ClN3/c1-19(10-13-5-7-14(17)8-6-13)15-11-20(12-15)16-4-2-3-9-18-16/h2-9,15H,10-12H2,1H3. The van der Waals surface area contributed by atoms with Gasteiger partial charge in [-0.15, -0.1) is 0 Å². The van der Waals surface area contributed by atoms with Crippen molar-refractivity contribution in [3.05, 3.63) is 59.2 Å². The van der Waals surface area contributed by atoms with E-state index in [0.29, 0.717) is 6.04 Å². The lowest BCUT2D eigenvalue weighted by molar-refractivity contribution is 0.197. The molecule has 0 spiro atoms. The SMILES string of the molecule is CN(Cc1ccc(Cl)cc1)C1CN(c2ccccn2)C1.